The van der Waals surface area contributed by atoms with E-state index in [1.54, 1.807) is 20.2 Å². The van der Waals surface area contributed by atoms with Gasteiger partial charge < -0.3 is 25.7 Å². The first-order valence-electron chi connectivity index (χ1n) is 15.8. The van der Waals surface area contributed by atoms with Crippen LogP contribution in [0.5, 0.6) is 5.75 Å². The van der Waals surface area contributed by atoms with Gasteiger partial charge >= 0.3 is 0 Å². The summed E-state index contributed by atoms with van der Waals surface area (Å²) in [5.74, 6) is -9.70. The molecule has 11 nitrogen and oxygen atoms in total. The molecule has 3 fully saturated rings. The van der Waals surface area contributed by atoms with Crippen LogP contribution in [0, 0.1) is 29.6 Å². The molecule has 4 aliphatic rings. The van der Waals surface area contributed by atoms with Gasteiger partial charge in [-0.1, -0.05) is 25.7 Å². The zero-order chi connectivity index (χ0) is 32.2. The van der Waals surface area contributed by atoms with Crippen LogP contribution < -0.4 is 10.6 Å². The summed E-state index contributed by atoms with van der Waals surface area (Å²) >= 11 is 0. The summed E-state index contributed by atoms with van der Waals surface area (Å²) in [6.07, 6.45) is 7.74. The van der Waals surface area contributed by atoms with E-state index in [4.69, 9.17) is 5.73 Å². The highest BCUT2D eigenvalue weighted by Crippen LogP contribution is 2.52. The molecule has 11 heteroatoms. The lowest BCUT2D eigenvalue weighted by atomic mass is 9.52. The lowest BCUT2D eigenvalue weighted by Crippen LogP contribution is -2.74. The van der Waals surface area contributed by atoms with E-state index in [-0.39, 0.29) is 24.2 Å². The van der Waals surface area contributed by atoms with Crippen molar-refractivity contribution in [1.29, 1.82) is 0 Å². The second-order valence-electron chi connectivity index (χ2n) is 14.0. The number of likely N-dealkylation sites (N-methyl/N-ethyl adjacent to an activating group) is 1. The van der Waals surface area contributed by atoms with E-state index in [1.165, 1.54) is 43.4 Å². The van der Waals surface area contributed by atoms with Gasteiger partial charge in [0.15, 0.2) is 34.7 Å². The predicted octanol–water partition coefficient (Wildman–Crippen LogP) is 1.34. The van der Waals surface area contributed by atoms with E-state index in [9.17, 15) is 34.2 Å². The fourth-order valence-corrected chi connectivity index (χ4v) is 8.75. The Morgan fingerprint density at radius 3 is 2.20 bits per heavy atom. The number of benzene rings is 1. The molecule has 6 atom stereocenters. The number of nitrogens with two attached hydrogens (primary N) is 1. The zero-order valence-corrected chi connectivity index (χ0v) is 26.5. The number of phenolic OH excluding ortho intramolecular Hbond substituents is 1. The third-order valence-electron chi connectivity index (χ3n) is 10.5. The van der Waals surface area contributed by atoms with Crippen molar-refractivity contribution in [3.8, 4) is 5.75 Å². The quantitative estimate of drug-likeness (QED) is 0.303. The summed E-state index contributed by atoms with van der Waals surface area (Å²) in [5.41, 5.74) is 5.00. The van der Waals surface area contributed by atoms with Crippen molar-refractivity contribution in [3.63, 3.8) is 0 Å². The summed E-state index contributed by atoms with van der Waals surface area (Å²) in [6.45, 7) is 1.50. The molecule has 0 aromatic heterocycles. The number of rotatable bonds is 7. The smallest absolute Gasteiger partial charge is 0.235 e. The molecule has 5 rings (SSSR count). The molecular formula is C33H46N4O7. The highest BCUT2D eigenvalue weighted by atomic mass is 16.3. The fourth-order valence-electron chi connectivity index (χ4n) is 8.75. The Morgan fingerprint density at radius 1 is 1.00 bits per heavy atom. The van der Waals surface area contributed by atoms with Crippen LogP contribution in [-0.4, -0.2) is 102 Å². The Kier molecular flexibility index (Phi) is 8.78. The number of ketones is 4. The predicted molar refractivity (Wildman–Crippen MR) is 163 cm³/mol. The maximum absolute atomic E-state index is 14.1. The number of amides is 1. The van der Waals surface area contributed by atoms with Gasteiger partial charge in [-0.3, -0.25) is 28.9 Å². The Labute approximate surface area is 258 Å². The highest BCUT2D eigenvalue weighted by Gasteiger charge is 2.69. The van der Waals surface area contributed by atoms with E-state index in [2.05, 4.69) is 11.9 Å². The van der Waals surface area contributed by atoms with Crippen molar-refractivity contribution in [2.45, 2.75) is 69.6 Å². The molecule has 0 saturated heterocycles. The van der Waals surface area contributed by atoms with E-state index in [0.717, 1.165) is 17.8 Å². The van der Waals surface area contributed by atoms with Crippen LogP contribution in [0.4, 0.5) is 5.69 Å². The lowest BCUT2D eigenvalue weighted by Gasteiger charge is -2.52. The monoisotopic (exact) mass is 610 g/mol. The average Bonchev–Trinajstić information content (AvgIpc) is 3.18. The van der Waals surface area contributed by atoms with Crippen LogP contribution in [0.2, 0.25) is 0 Å². The molecule has 1 amide bonds. The lowest BCUT2D eigenvalue weighted by molar-refractivity contribution is -0.181. The van der Waals surface area contributed by atoms with Crippen molar-refractivity contribution in [2.75, 3.05) is 46.7 Å². The number of aromatic hydroxyl groups is 1. The van der Waals surface area contributed by atoms with Crippen LogP contribution in [0.1, 0.15) is 66.4 Å². The summed E-state index contributed by atoms with van der Waals surface area (Å²) in [5, 5.41) is 23.0. The first kappa shape index (κ1) is 32.2. The third-order valence-corrected chi connectivity index (χ3v) is 10.5. The van der Waals surface area contributed by atoms with Crippen molar-refractivity contribution < 1.29 is 34.2 Å². The first-order valence-corrected chi connectivity index (χ1v) is 15.8. The molecule has 0 spiro atoms. The van der Waals surface area contributed by atoms with Gasteiger partial charge in [0.1, 0.15) is 5.75 Å². The van der Waals surface area contributed by atoms with Gasteiger partial charge in [0.05, 0.1) is 17.5 Å². The van der Waals surface area contributed by atoms with E-state index in [1.807, 2.05) is 19.0 Å². The fraction of sp³-hybridized carbons (Fsp3) is 0.667. The van der Waals surface area contributed by atoms with Crippen LogP contribution in [0.3, 0.4) is 0 Å². The van der Waals surface area contributed by atoms with Gasteiger partial charge in [0.2, 0.25) is 5.91 Å². The van der Waals surface area contributed by atoms with Crippen LogP contribution in [0.15, 0.2) is 6.07 Å². The molecule has 4 aliphatic carbocycles. The Hall–Kier alpha value is -3.15. The summed E-state index contributed by atoms with van der Waals surface area (Å²) in [7, 11) is 8.99. The molecule has 1 aromatic rings. The van der Waals surface area contributed by atoms with Gasteiger partial charge in [-0.05, 0) is 75.9 Å². The van der Waals surface area contributed by atoms with Crippen LogP contribution >= 0.6 is 0 Å². The molecule has 44 heavy (non-hydrogen) atoms. The van der Waals surface area contributed by atoms with Gasteiger partial charge in [-0.25, -0.2) is 0 Å². The Balaban J connectivity index is 1.53. The SMILES string of the molecule is CN(Cc1cc(O)c2c(c1N(C)C)C[C@H]1C[C@H]3[C@H](N(C)C)C(=O)C(C(N)=O)C(=O)[C@@]3(O)C(=O)C1C2=O)CC1CCCCCC1. The number of hydrogen-bond donors (Lipinski definition) is 3. The van der Waals surface area contributed by atoms with Crippen molar-refractivity contribution in [2.24, 2.45) is 35.3 Å². The number of carbonyl (C=O) groups excluding carboxylic acids is 5. The minimum absolute atomic E-state index is 0.0236. The molecule has 1 aromatic carbocycles. The van der Waals surface area contributed by atoms with Gasteiger partial charge in [0, 0.05) is 38.8 Å². The van der Waals surface area contributed by atoms with E-state index >= 15 is 0 Å². The largest absolute Gasteiger partial charge is 0.507 e. The number of phenols is 1. The Bertz CT molecular complexity index is 1380. The van der Waals surface area contributed by atoms with Gasteiger partial charge in [-0.15, -0.1) is 0 Å². The average molecular weight is 611 g/mol. The number of primary amides is 1. The van der Waals surface area contributed by atoms with Crippen molar-refractivity contribution >= 4 is 34.7 Å². The molecule has 4 N–H and O–H groups in total. The molecule has 0 bridgehead atoms. The number of nitrogens with zero attached hydrogens (tertiary/aromatic N) is 3. The number of carbonyl (C=O) groups is 5. The molecule has 0 radical (unpaired) electrons. The first-order chi connectivity index (χ1) is 20.7. The van der Waals surface area contributed by atoms with Crippen molar-refractivity contribution in [3.05, 3.63) is 22.8 Å². The number of aliphatic hydroxyl groups is 1. The number of anilines is 1. The minimum atomic E-state index is -2.72. The maximum Gasteiger partial charge on any atom is 0.235 e. The summed E-state index contributed by atoms with van der Waals surface area (Å²) in [6, 6.07) is 0.471. The Morgan fingerprint density at radius 2 is 1.64 bits per heavy atom. The van der Waals surface area contributed by atoms with Gasteiger partial charge in [0.25, 0.3) is 0 Å². The molecule has 240 valence electrons. The van der Waals surface area contributed by atoms with Crippen LogP contribution in [-0.2, 0) is 32.1 Å². The number of fused-ring (bicyclic) bond motifs is 3. The molecular weight excluding hydrogens is 564 g/mol. The van der Waals surface area contributed by atoms with Crippen molar-refractivity contribution in [1.82, 2.24) is 9.80 Å². The second-order valence-corrected chi connectivity index (χ2v) is 14.0. The number of Topliss-reactive ketones (excluding diaryl/α,β-unsaturated/α-hetero) is 4. The normalized spacial score (nSPS) is 31.0. The van der Waals surface area contributed by atoms with E-state index in [0.29, 0.717) is 18.0 Å². The third kappa shape index (κ3) is 5.16. The standard InChI is InChI=1S/C33H46N4O7/c1-35(2)26-19(16-37(5)15-17-10-8-6-7-9-11-17)14-22(38)24-20(26)12-18-13-21-27(36(3)4)29(40)25(32(34)43)31(42)33(21,44)30(41)23(18)28(24)39/h14,17-18,21,23,25,27,38,44H,6-13,15-16H2,1-5H3,(H2,34,43)/t18-,21-,23?,25?,27-,33-/m0/s1. The highest BCUT2D eigenvalue weighted by molar-refractivity contribution is 6.32. The maximum atomic E-state index is 14.1. The summed E-state index contributed by atoms with van der Waals surface area (Å²) in [4.78, 5) is 72.9. The minimum Gasteiger partial charge on any atom is -0.507 e. The van der Waals surface area contributed by atoms with Crippen LogP contribution in [0.25, 0.3) is 0 Å². The number of hydrogen-bond acceptors (Lipinski definition) is 10. The molecule has 0 heterocycles. The van der Waals surface area contributed by atoms with E-state index < -0.39 is 64.4 Å². The zero-order valence-electron chi connectivity index (χ0n) is 26.5. The second kappa shape index (κ2) is 12.0. The molecule has 3 saturated carbocycles. The van der Waals surface area contributed by atoms with Gasteiger partial charge in [-0.2, -0.15) is 0 Å². The molecule has 2 unspecified atom stereocenters. The topological polar surface area (TPSA) is 162 Å². The molecule has 0 aliphatic heterocycles. The summed E-state index contributed by atoms with van der Waals surface area (Å²) < 4.78 is 0.